The van der Waals surface area contributed by atoms with Crippen LogP contribution in [-0.2, 0) is 9.53 Å². The maximum absolute atomic E-state index is 11.7. The van der Waals surface area contributed by atoms with Gasteiger partial charge in [-0.25, -0.2) is 9.59 Å². The number of carbonyl (C=O) groups excluding carboxylic acids is 1. The maximum atomic E-state index is 11.7. The van der Waals surface area contributed by atoms with Gasteiger partial charge in [0, 0.05) is 20.1 Å². The number of nitrogens with zero attached hydrogens (tertiary/aromatic N) is 1. The molecule has 1 fully saturated rings. The van der Waals surface area contributed by atoms with Crippen molar-refractivity contribution in [1.29, 1.82) is 0 Å². The van der Waals surface area contributed by atoms with Crippen LogP contribution < -0.4 is 5.32 Å². The van der Waals surface area contributed by atoms with Gasteiger partial charge in [-0.15, -0.1) is 0 Å². The fourth-order valence-corrected chi connectivity index (χ4v) is 2.00. The summed E-state index contributed by atoms with van der Waals surface area (Å²) in [6, 6.07) is -0.147. The van der Waals surface area contributed by atoms with Gasteiger partial charge in [0.25, 0.3) is 0 Å². The van der Waals surface area contributed by atoms with Crippen LogP contribution in [-0.4, -0.2) is 54.4 Å². The maximum Gasteiger partial charge on any atom is 0.332 e. The van der Waals surface area contributed by atoms with Crippen molar-refractivity contribution < 1.29 is 19.4 Å². The third-order valence-corrected chi connectivity index (χ3v) is 2.85. The lowest BCUT2D eigenvalue weighted by Crippen LogP contribution is -2.42. The van der Waals surface area contributed by atoms with Crippen molar-refractivity contribution in [2.24, 2.45) is 5.92 Å². The topological polar surface area (TPSA) is 78.9 Å². The van der Waals surface area contributed by atoms with Crippen LogP contribution >= 0.6 is 0 Å². The van der Waals surface area contributed by atoms with E-state index in [9.17, 15) is 9.59 Å². The van der Waals surface area contributed by atoms with E-state index in [4.69, 9.17) is 9.84 Å². The molecule has 0 aromatic heterocycles. The first-order valence-corrected chi connectivity index (χ1v) is 6.27. The molecule has 0 aromatic rings. The van der Waals surface area contributed by atoms with Crippen LogP contribution in [0.3, 0.4) is 0 Å². The van der Waals surface area contributed by atoms with E-state index in [1.807, 2.05) is 13.8 Å². The third kappa shape index (κ3) is 4.52. The second-order valence-electron chi connectivity index (χ2n) is 5.12. The van der Waals surface area contributed by atoms with Crippen molar-refractivity contribution in [3.05, 3.63) is 0 Å². The van der Waals surface area contributed by atoms with Gasteiger partial charge in [-0.2, -0.15) is 0 Å². The van der Waals surface area contributed by atoms with E-state index in [-0.39, 0.29) is 12.1 Å². The van der Waals surface area contributed by atoms with Gasteiger partial charge in [0.15, 0.2) is 6.10 Å². The number of ether oxygens (including phenoxy) is 1. The Balaban J connectivity index is 2.25. The number of aliphatic carboxylic acids is 1. The van der Waals surface area contributed by atoms with Crippen molar-refractivity contribution in [1.82, 2.24) is 10.2 Å². The first-order chi connectivity index (χ1) is 8.40. The van der Waals surface area contributed by atoms with Crippen molar-refractivity contribution in [2.45, 2.75) is 38.9 Å². The second-order valence-corrected chi connectivity index (χ2v) is 5.12. The number of hydrogen-bond donors (Lipinski definition) is 2. The summed E-state index contributed by atoms with van der Waals surface area (Å²) < 4.78 is 5.30. The van der Waals surface area contributed by atoms with Gasteiger partial charge in [-0.1, -0.05) is 13.8 Å². The molecule has 0 radical (unpaired) electrons. The average molecular weight is 258 g/mol. The van der Waals surface area contributed by atoms with Gasteiger partial charge in [-0.05, 0) is 18.8 Å². The first-order valence-electron chi connectivity index (χ1n) is 6.27. The molecule has 18 heavy (non-hydrogen) atoms. The number of carbonyl (C=O) groups is 2. The first kappa shape index (κ1) is 14.8. The highest BCUT2D eigenvalue weighted by Gasteiger charge is 2.30. The summed E-state index contributed by atoms with van der Waals surface area (Å²) in [5.74, 6) is -0.513. The Morgan fingerprint density at radius 3 is 2.61 bits per heavy atom. The Bertz CT molecular complexity index is 306. The monoisotopic (exact) mass is 258 g/mol. The van der Waals surface area contributed by atoms with Crippen LogP contribution in [0.1, 0.15) is 26.7 Å². The van der Waals surface area contributed by atoms with E-state index in [1.54, 1.807) is 11.9 Å². The van der Waals surface area contributed by atoms with E-state index in [2.05, 4.69) is 5.32 Å². The number of amides is 2. The summed E-state index contributed by atoms with van der Waals surface area (Å²) in [7, 11) is 1.74. The minimum atomic E-state index is -0.930. The summed E-state index contributed by atoms with van der Waals surface area (Å²) in [6.45, 7) is 5.14. The molecule has 2 atom stereocenters. The molecule has 1 aliphatic heterocycles. The fourth-order valence-electron chi connectivity index (χ4n) is 2.00. The van der Waals surface area contributed by atoms with Gasteiger partial charge in [0.1, 0.15) is 0 Å². The highest BCUT2D eigenvalue weighted by molar-refractivity contribution is 5.74. The van der Waals surface area contributed by atoms with E-state index in [0.29, 0.717) is 31.8 Å². The molecule has 0 aliphatic carbocycles. The lowest BCUT2D eigenvalue weighted by atomic mass is 10.2. The van der Waals surface area contributed by atoms with E-state index in [0.717, 1.165) is 0 Å². The van der Waals surface area contributed by atoms with Crippen molar-refractivity contribution in [2.75, 3.05) is 20.1 Å². The van der Waals surface area contributed by atoms with E-state index < -0.39 is 12.1 Å². The molecular weight excluding hydrogens is 236 g/mol. The molecule has 1 saturated heterocycles. The lowest BCUT2D eigenvalue weighted by Gasteiger charge is -2.21. The molecule has 0 bridgehead atoms. The Labute approximate surface area is 107 Å². The number of carboxylic acids is 1. The summed E-state index contributed by atoms with van der Waals surface area (Å²) in [5, 5.41) is 11.5. The molecular formula is C12H22N2O4. The largest absolute Gasteiger partial charge is 0.479 e. The third-order valence-electron chi connectivity index (χ3n) is 2.85. The highest BCUT2D eigenvalue weighted by atomic mass is 16.5. The zero-order valence-electron chi connectivity index (χ0n) is 11.2. The molecule has 0 spiro atoms. The summed E-state index contributed by atoms with van der Waals surface area (Å²) in [5.41, 5.74) is 0. The number of urea groups is 1. The molecule has 1 heterocycles. The second kappa shape index (κ2) is 6.58. The zero-order valence-corrected chi connectivity index (χ0v) is 11.2. The Morgan fingerprint density at radius 2 is 2.11 bits per heavy atom. The smallest absolute Gasteiger partial charge is 0.332 e. The van der Waals surface area contributed by atoms with Crippen LogP contribution in [0.15, 0.2) is 0 Å². The summed E-state index contributed by atoms with van der Waals surface area (Å²) in [6.07, 6.45) is 0.269. The summed E-state index contributed by atoms with van der Waals surface area (Å²) >= 11 is 0. The summed E-state index contributed by atoms with van der Waals surface area (Å²) in [4.78, 5) is 24.0. The molecule has 2 unspecified atom stereocenters. The fraction of sp³-hybridized carbons (Fsp3) is 0.833. The quantitative estimate of drug-likeness (QED) is 0.768. The lowest BCUT2D eigenvalue weighted by molar-refractivity contribution is -0.149. The van der Waals surface area contributed by atoms with E-state index in [1.165, 1.54) is 0 Å². The Hall–Kier alpha value is -1.30. The number of rotatable bonds is 5. The Kier molecular flexibility index (Phi) is 5.40. The molecule has 2 N–H and O–H groups in total. The van der Waals surface area contributed by atoms with E-state index >= 15 is 0 Å². The molecule has 0 aromatic carbocycles. The number of nitrogens with one attached hydrogen (secondary N) is 1. The molecule has 0 saturated carbocycles. The minimum absolute atomic E-state index is 0.147. The van der Waals surface area contributed by atoms with Crippen molar-refractivity contribution in [3.8, 4) is 0 Å². The predicted molar refractivity (Wildman–Crippen MR) is 66.4 cm³/mol. The molecule has 2 amide bonds. The van der Waals surface area contributed by atoms with Crippen LogP contribution in [0, 0.1) is 5.92 Å². The van der Waals surface area contributed by atoms with Gasteiger partial charge >= 0.3 is 12.0 Å². The SMILES string of the molecule is CC(C)CN(C)C(=O)NCC1CCC(C(=O)O)O1. The minimum Gasteiger partial charge on any atom is -0.479 e. The number of hydrogen-bond acceptors (Lipinski definition) is 3. The molecule has 6 heteroatoms. The molecule has 6 nitrogen and oxygen atoms in total. The standard InChI is InChI=1S/C12H22N2O4/c1-8(2)7-14(3)12(17)13-6-9-4-5-10(18-9)11(15)16/h8-10H,4-7H2,1-3H3,(H,13,17)(H,15,16). The Morgan fingerprint density at radius 1 is 1.44 bits per heavy atom. The van der Waals surface area contributed by atoms with Gasteiger partial charge < -0.3 is 20.1 Å². The van der Waals surface area contributed by atoms with Crippen LogP contribution in [0.5, 0.6) is 0 Å². The predicted octanol–water partition coefficient (Wildman–Crippen LogP) is 0.916. The zero-order chi connectivity index (χ0) is 13.7. The van der Waals surface area contributed by atoms with Gasteiger partial charge in [0.05, 0.1) is 6.10 Å². The van der Waals surface area contributed by atoms with Crippen LogP contribution in [0.2, 0.25) is 0 Å². The van der Waals surface area contributed by atoms with Crippen LogP contribution in [0.4, 0.5) is 4.79 Å². The highest BCUT2D eigenvalue weighted by Crippen LogP contribution is 2.19. The van der Waals surface area contributed by atoms with Crippen LogP contribution in [0.25, 0.3) is 0 Å². The van der Waals surface area contributed by atoms with Gasteiger partial charge in [-0.3, -0.25) is 0 Å². The normalized spacial score (nSPS) is 23.1. The molecule has 1 rings (SSSR count). The van der Waals surface area contributed by atoms with Gasteiger partial charge in [0.2, 0.25) is 0 Å². The van der Waals surface area contributed by atoms with Crippen molar-refractivity contribution in [3.63, 3.8) is 0 Å². The number of carboxylic acid groups (broad SMARTS) is 1. The van der Waals surface area contributed by atoms with Crippen molar-refractivity contribution >= 4 is 12.0 Å². The molecule has 1 aliphatic rings. The molecule has 104 valence electrons. The average Bonchev–Trinajstić information content (AvgIpc) is 2.73.